The van der Waals surface area contributed by atoms with Crippen LogP contribution in [0.1, 0.15) is 81.1 Å². The first-order valence-corrected chi connectivity index (χ1v) is 13.7. The van der Waals surface area contributed by atoms with E-state index in [-0.39, 0.29) is 95.9 Å². The van der Waals surface area contributed by atoms with E-state index < -0.39 is 0 Å². The summed E-state index contributed by atoms with van der Waals surface area (Å²) in [5, 5.41) is 0. The van der Waals surface area contributed by atoms with E-state index in [0.29, 0.717) is 0 Å². The second-order valence-corrected chi connectivity index (χ2v) is 9.58. The lowest BCUT2D eigenvalue weighted by molar-refractivity contribution is 0.431. The van der Waals surface area contributed by atoms with E-state index >= 15 is 0 Å². The number of halogens is 4. The largest absolute Gasteiger partial charge is 0.355 e. The zero-order valence-electron chi connectivity index (χ0n) is 23.9. The standard InChI is InChI=1S/C20H14N4.C10H26N4.4HI/c1-2-14-10-16-5-6-18(23-16)12-20-8-7-19(24-20)11-17-4-3-15(22-17)9-13(1)21-14;1-2-3-4-5-6-7-8-9-10-12-14-13-11;;;;/h1-12,21,24H;12-14H,2-11H2,1H3;4*1H. The Morgan fingerprint density at radius 3 is 1.29 bits per heavy atom. The van der Waals surface area contributed by atoms with Gasteiger partial charge < -0.3 is 9.97 Å². The molecule has 7 N–H and O–H groups in total. The van der Waals surface area contributed by atoms with E-state index in [1.54, 1.807) is 0 Å². The third-order valence-electron chi connectivity index (χ3n) is 6.36. The molecule has 5 rings (SSSR count). The molecule has 0 unspecified atom stereocenters. The zero-order valence-corrected chi connectivity index (χ0v) is 33.2. The Balaban J connectivity index is 0.000000828. The number of H-pyrrole nitrogens is 2. The normalized spacial score (nSPS) is 10.8. The first-order chi connectivity index (χ1) is 18.7. The number of hydrazine groups is 3. The lowest BCUT2D eigenvalue weighted by atomic mass is 10.1. The van der Waals surface area contributed by atoms with Gasteiger partial charge in [0.05, 0.1) is 22.8 Å². The predicted molar refractivity (Wildman–Crippen MR) is 222 cm³/mol. The molecule has 5 heterocycles. The fraction of sp³-hybridized carbons (Fsp3) is 0.333. The van der Waals surface area contributed by atoms with Gasteiger partial charge in [-0.05, 0) is 79.3 Å². The summed E-state index contributed by atoms with van der Waals surface area (Å²) in [5.74, 6) is 5.01. The highest BCUT2D eigenvalue weighted by molar-refractivity contribution is 14.0. The van der Waals surface area contributed by atoms with Crippen LogP contribution >= 0.6 is 95.9 Å². The third-order valence-corrected chi connectivity index (χ3v) is 6.36. The van der Waals surface area contributed by atoms with Gasteiger partial charge in [0.2, 0.25) is 0 Å². The second-order valence-electron chi connectivity index (χ2n) is 9.58. The van der Waals surface area contributed by atoms with Crippen LogP contribution in [0, 0.1) is 0 Å². The van der Waals surface area contributed by atoms with Gasteiger partial charge in [-0.2, -0.15) is 11.1 Å². The van der Waals surface area contributed by atoms with Gasteiger partial charge in [0, 0.05) is 28.6 Å². The Labute approximate surface area is 317 Å². The van der Waals surface area contributed by atoms with Crippen LogP contribution < -0.4 is 22.3 Å². The van der Waals surface area contributed by atoms with E-state index in [2.05, 4.69) is 67.6 Å². The van der Waals surface area contributed by atoms with Crippen molar-refractivity contribution in [2.24, 2.45) is 5.84 Å². The molecule has 3 aromatic rings. The number of hydrogen-bond acceptors (Lipinski definition) is 6. The Morgan fingerprint density at radius 2 is 0.929 bits per heavy atom. The van der Waals surface area contributed by atoms with Crippen molar-refractivity contribution in [3.8, 4) is 0 Å². The van der Waals surface area contributed by atoms with Gasteiger partial charge in [-0.25, -0.2) is 15.4 Å². The molecule has 0 aromatic carbocycles. The number of unbranched alkanes of at least 4 members (excludes halogenated alkanes) is 7. The summed E-state index contributed by atoms with van der Waals surface area (Å²) < 4.78 is 0. The fourth-order valence-corrected chi connectivity index (χ4v) is 4.40. The average Bonchev–Trinajstić information content (AvgIpc) is 3.72. The molecular weight excluding hydrogens is 980 g/mol. The number of aromatic amines is 2. The van der Waals surface area contributed by atoms with Gasteiger partial charge in [0.1, 0.15) is 0 Å². The molecule has 0 radical (unpaired) electrons. The van der Waals surface area contributed by atoms with E-state index in [1.807, 2.05) is 48.6 Å². The van der Waals surface area contributed by atoms with E-state index in [9.17, 15) is 0 Å². The molecule has 2 aliphatic heterocycles. The fourth-order valence-electron chi connectivity index (χ4n) is 4.40. The molecule has 232 valence electrons. The zero-order chi connectivity index (χ0) is 26.4. The Morgan fingerprint density at radius 1 is 0.571 bits per heavy atom. The topological polar surface area (TPSA) is 119 Å². The first-order valence-electron chi connectivity index (χ1n) is 13.7. The van der Waals surface area contributed by atoms with E-state index in [0.717, 1.165) is 51.4 Å². The molecule has 3 aromatic heterocycles. The van der Waals surface area contributed by atoms with Crippen LogP contribution in [0.3, 0.4) is 0 Å². The highest BCUT2D eigenvalue weighted by Gasteiger charge is 2.01. The number of fused-ring (bicyclic) bond motifs is 8. The lowest BCUT2D eigenvalue weighted by Gasteiger charge is -2.04. The van der Waals surface area contributed by atoms with Crippen LogP contribution in [-0.4, -0.2) is 26.5 Å². The molecule has 0 spiro atoms. The third kappa shape index (κ3) is 14.9. The molecule has 42 heavy (non-hydrogen) atoms. The smallest absolute Gasteiger partial charge is 0.0658 e. The van der Waals surface area contributed by atoms with Crippen molar-refractivity contribution >= 4 is 142 Å². The molecule has 0 fully saturated rings. The molecule has 0 saturated carbocycles. The number of rotatable bonds is 11. The Bertz CT molecular complexity index is 1200. The number of nitrogens with one attached hydrogen (secondary N) is 5. The Kier molecular flexibility index (Phi) is 23.3. The van der Waals surface area contributed by atoms with Gasteiger partial charge in [-0.1, -0.05) is 51.9 Å². The molecule has 0 saturated heterocycles. The summed E-state index contributed by atoms with van der Waals surface area (Å²) in [6, 6.07) is 16.4. The van der Waals surface area contributed by atoms with Gasteiger partial charge in [0.15, 0.2) is 0 Å². The van der Waals surface area contributed by atoms with Crippen molar-refractivity contribution < 1.29 is 0 Å². The van der Waals surface area contributed by atoms with Crippen LogP contribution in [0.4, 0.5) is 0 Å². The van der Waals surface area contributed by atoms with Crippen molar-refractivity contribution in [3.05, 3.63) is 71.3 Å². The minimum Gasteiger partial charge on any atom is -0.355 e. The maximum Gasteiger partial charge on any atom is 0.0658 e. The number of hydrogen-bond donors (Lipinski definition) is 6. The van der Waals surface area contributed by atoms with Crippen molar-refractivity contribution in [2.45, 2.75) is 58.3 Å². The van der Waals surface area contributed by atoms with Crippen LogP contribution in [0.2, 0.25) is 0 Å². The second kappa shape index (κ2) is 23.7. The quantitative estimate of drug-likeness (QED) is 0.0341. The maximum absolute atomic E-state index is 5.01. The van der Waals surface area contributed by atoms with Crippen molar-refractivity contribution in [1.29, 1.82) is 0 Å². The number of aromatic nitrogens is 4. The summed E-state index contributed by atoms with van der Waals surface area (Å²) >= 11 is 0. The molecule has 8 nitrogen and oxygen atoms in total. The van der Waals surface area contributed by atoms with Gasteiger partial charge in [-0.3, -0.25) is 5.84 Å². The van der Waals surface area contributed by atoms with Gasteiger partial charge in [0.25, 0.3) is 0 Å². The summed E-state index contributed by atoms with van der Waals surface area (Å²) in [6.07, 6.45) is 18.9. The molecule has 2 aliphatic rings. The van der Waals surface area contributed by atoms with Crippen LogP contribution in [0.15, 0.2) is 48.5 Å². The van der Waals surface area contributed by atoms with Crippen LogP contribution in [0.5, 0.6) is 0 Å². The molecule has 8 bridgehead atoms. The number of nitrogens with zero attached hydrogens (tertiary/aromatic N) is 2. The van der Waals surface area contributed by atoms with E-state index in [1.165, 1.54) is 51.4 Å². The maximum atomic E-state index is 5.01. The van der Waals surface area contributed by atoms with E-state index in [4.69, 9.17) is 5.84 Å². The monoisotopic (exact) mass is 1020 g/mol. The molecule has 0 amide bonds. The molecule has 12 heteroatoms. The van der Waals surface area contributed by atoms with Crippen molar-refractivity contribution in [2.75, 3.05) is 6.54 Å². The van der Waals surface area contributed by atoms with Crippen LogP contribution in [-0.2, 0) is 0 Å². The minimum absolute atomic E-state index is 0. The SMILES string of the molecule is C1=Cc2cc3ccc(cc4nc(cc5ccc(cc1n2)[nH]5)C=C4)[nH]3.CCCCCCCCCCNNNN.I.I.I.I. The Hall–Kier alpha value is -0.640. The molecule has 0 aliphatic carbocycles. The summed E-state index contributed by atoms with van der Waals surface area (Å²) in [7, 11) is 0. The van der Waals surface area contributed by atoms with Gasteiger partial charge >= 0.3 is 0 Å². The lowest BCUT2D eigenvalue weighted by Crippen LogP contribution is -2.47. The van der Waals surface area contributed by atoms with Crippen molar-refractivity contribution in [1.82, 2.24) is 36.4 Å². The summed E-state index contributed by atoms with van der Waals surface area (Å²) in [6.45, 7) is 3.23. The molecular formula is C30H44I4N8. The first kappa shape index (κ1) is 41.4. The highest BCUT2D eigenvalue weighted by Crippen LogP contribution is 2.17. The summed E-state index contributed by atoms with van der Waals surface area (Å²) in [4.78, 5) is 16.0. The van der Waals surface area contributed by atoms with Crippen molar-refractivity contribution in [3.63, 3.8) is 0 Å². The highest BCUT2D eigenvalue weighted by atomic mass is 127. The van der Waals surface area contributed by atoms with Gasteiger partial charge in [-0.15, -0.1) is 95.9 Å². The average molecular weight is 1020 g/mol. The predicted octanol–water partition coefficient (Wildman–Crippen LogP) is 8.73. The number of nitrogens with two attached hydrogens (primary N) is 1. The summed E-state index contributed by atoms with van der Waals surface area (Å²) in [5.41, 5.74) is 15.8. The van der Waals surface area contributed by atoms with Crippen LogP contribution in [0.25, 0.3) is 46.4 Å². The minimum atomic E-state index is 0. The molecule has 0 atom stereocenters.